The van der Waals surface area contributed by atoms with E-state index in [1.165, 1.54) is 6.07 Å². The fraction of sp³-hybridized carbons (Fsp3) is 0.533. The first-order valence-corrected chi connectivity index (χ1v) is 7.30. The number of amides is 1. The minimum Gasteiger partial charge on any atom is -0.369 e. The van der Waals surface area contributed by atoms with Crippen molar-refractivity contribution >= 4 is 17.3 Å². The maximum atomic E-state index is 14.1. The number of carbonyl (C=O) groups is 1. The fourth-order valence-corrected chi connectivity index (χ4v) is 2.53. The van der Waals surface area contributed by atoms with Gasteiger partial charge in [-0.15, -0.1) is 0 Å². The van der Waals surface area contributed by atoms with Crippen LogP contribution in [0.3, 0.4) is 0 Å². The molecule has 0 aromatic heterocycles. The van der Waals surface area contributed by atoms with Crippen LogP contribution < -0.4 is 15.5 Å². The first kappa shape index (κ1) is 13.4. The van der Waals surface area contributed by atoms with Crippen molar-refractivity contribution in [1.82, 2.24) is 5.32 Å². The molecule has 1 aliphatic carbocycles. The van der Waals surface area contributed by atoms with Gasteiger partial charge in [0.25, 0.3) is 0 Å². The summed E-state index contributed by atoms with van der Waals surface area (Å²) >= 11 is 0. The second kappa shape index (κ2) is 5.79. The third-order valence-corrected chi connectivity index (χ3v) is 3.81. The van der Waals surface area contributed by atoms with Crippen LogP contribution in [0.15, 0.2) is 18.2 Å². The Bertz CT molecular complexity index is 496. The van der Waals surface area contributed by atoms with E-state index in [1.54, 1.807) is 12.1 Å². The average Bonchev–Trinajstić information content (AvgIpc) is 3.10. The van der Waals surface area contributed by atoms with Gasteiger partial charge in [0.1, 0.15) is 5.82 Å². The van der Waals surface area contributed by atoms with Gasteiger partial charge >= 0.3 is 0 Å². The van der Waals surface area contributed by atoms with E-state index in [0.717, 1.165) is 38.8 Å². The van der Waals surface area contributed by atoms with Gasteiger partial charge in [-0.05, 0) is 43.9 Å². The van der Waals surface area contributed by atoms with Crippen molar-refractivity contribution < 1.29 is 9.18 Å². The molecule has 0 spiro atoms. The van der Waals surface area contributed by atoms with Gasteiger partial charge in [0.2, 0.25) is 5.91 Å². The van der Waals surface area contributed by atoms with Crippen LogP contribution in [0.4, 0.5) is 15.8 Å². The summed E-state index contributed by atoms with van der Waals surface area (Å²) in [5.41, 5.74) is 1.16. The van der Waals surface area contributed by atoms with E-state index in [4.69, 9.17) is 0 Å². The van der Waals surface area contributed by atoms with Crippen molar-refractivity contribution in [2.75, 3.05) is 29.9 Å². The molecule has 0 radical (unpaired) electrons. The van der Waals surface area contributed by atoms with Gasteiger partial charge in [0, 0.05) is 24.8 Å². The van der Waals surface area contributed by atoms with Gasteiger partial charge < -0.3 is 15.5 Å². The van der Waals surface area contributed by atoms with Gasteiger partial charge in [0.05, 0.1) is 12.2 Å². The SMILES string of the molecule is O=C(CNC1CC1)Nc1ccc(N2CCCC2)c(F)c1. The molecule has 2 fully saturated rings. The predicted molar refractivity (Wildman–Crippen MR) is 77.5 cm³/mol. The number of halogens is 1. The second-order valence-corrected chi connectivity index (χ2v) is 5.56. The number of carbonyl (C=O) groups excluding carboxylic acids is 1. The minimum atomic E-state index is -0.264. The highest BCUT2D eigenvalue weighted by atomic mass is 19.1. The molecule has 2 aliphatic rings. The molecule has 4 nitrogen and oxygen atoms in total. The lowest BCUT2D eigenvalue weighted by atomic mass is 10.2. The van der Waals surface area contributed by atoms with Crippen molar-refractivity contribution in [3.8, 4) is 0 Å². The Labute approximate surface area is 118 Å². The highest BCUT2D eigenvalue weighted by molar-refractivity contribution is 5.92. The number of nitrogens with one attached hydrogen (secondary N) is 2. The zero-order chi connectivity index (χ0) is 13.9. The molecule has 5 heteroatoms. The molecule has 1 saturated heterocycles. The van der Waals surface area contributed by atoms with E-state index in [9.17, 15) is 9.18 Å². The van der Waals surface area contributed by atoms with Gasteiger partial charge in [-0.2, -0.15) is 0 Å². The van der Waals surface area contributed by atoms with Crippen LogP contribution in [-0.4, -0.2) is 31.6 Å². The lowest BCUT2D eigenvalue weighted by molar-refractivity contribution is -0.115. The Balaban J connectivity index is 1.59. The van der Waals surface area contributed by atoms with Crippen LogP contribution in [0.25, 0.3) is 0 Å². The average molecular weight is 277 g/mol. The molecule has 1 aromatic rings. The van der Waals surface area contributed by atoms with Crippen molar-refractivity contribution in [2.24, 2.45) is 0 Å². The highest BCUT2D eigenvalue weighted by Gasteiger charge is 2.21. The number of hydrogen-bond acceptors (Lipinski definition) is 3. The first-order chi connectivity index (χ1) is 9.72. The third kappa shape index (κ3) is 3.28. The van der Waals surface area contributed by atoms with Gasteiger partial charge in [0.15, 0.2) is 0 Å². The molecule has 0 atom stereocenters. The fourth-order valence-electron chi connectivity index (χ4n) is 2.53. The lowest BCUT2D eigenvalue weighted by Crippen LogP contribution is -2.29. The van der Waals surface area contributed by atoms with Crippen LogP contribution in [0, 0.1) is 5.82 Å². The maximum Gasteiger partial charge on any atom is 0.238 e. The Morgan fingerprint density at radius 3 is 2.70 bits per heavy atom. The molecule has 1 aromatic carbocycles. The zero-order valence-corrected chi connectivity index (χ0v) is 11.5. The molecule has 2 N–H and O–H groups in total. The summed E-state index contributed by atoms with van der Waals surface area (Å²) in [5.74, 6) is -0.384. The number of rotatable bonds is 5. The summed E-state index contributed by atoms with van der Waals surface area (Å²) in [7, 11) is 0. The van der Waals surface area contributed by atoms with E-state index >= 15 is 0 Å². The standard InChI is InChI=1S/C15H20FN3O/c16-13-9-12(18-15(20)10-17-11-3-4-11)5-6-14(13)19-7-1-2-8-19/h5-6,9,11,17H,1-4,7-8,10H2,(H,18,20). The molecular formula is C15H20FN3O. The lowest BCUT2D eigenvalue weighted by Gasteiger charge is -2.18. The molecule has 1 aliphatic heterocycles. The monoisotopic (exact) mass is 277 g/mol. The molecule has 0 bridgehead atoms. The van der Waals surface area contributed by atoms with Crippen molar-refractivity contribution in [2.45, 2.75) is 31.7 Å². The van der Waals surface area contributed by atoms with Crippen LogP contribution in [0.5, 0.6) is 0 Å². The van der Waals surface area contributed by atoms with E-state index < -0.39 is 0 Å². The molecule has 20 heavy (non-hydrogen) atoms. The number of anilines is 2. The smallest absolute Gasteiger partial charge is 0.238 e. The summed E-state index contributed by atoms with van der Waals surface area (Å²) in [4.78, 5) is 13.7. The summed E-state index contributed by atoms with van der Waals surface area (Å²) in [6, 6.07) is 5.42. The molecule has 1 saturated carbocycles. The number of nitrogens with zero attached hydrogens (tertiary/aromatic N) is 1. The largest absolute Gasteiger partial charge is 0.369 e. The number of hydrogen-bond donors (Lipinski definition) is 2. The Kier molecular flexibility index (Phi) is 3.87. The summed E-state index contributed by atoms with van der Waals surface area (Å²) in [6.07, 6.45) is 4.52. The third-order valence-electron chi connectivity index (χ3n) is 3.81. The predicted octanol–water partition coefficient (Wildman–Crippen LogP) is 2.12. The van der Waals surface area contributed by atoms with Crippen molar-refractivity contribution in [1.29, 1.82) is 0 Å². The summed E-state index contributed by atoms with van der Waals surface area (Å²) in [5, 5.41) is 5.86. The molecule has 3 rings (SSSR count). The van der Waals surface area contributed by atoms with Crippen molar-refractivity contribution in [3.63, 3.8) is 0 Å². The molecule has 1 heterocycles. The van der Waals surface area contributed by atoms with Crippen LogP contribution in [0.1, 0.15) is 25.7 Å². The summed E-state index contributed by atoms with van der Waals surface area (Å²) in [6.45, 7) is 2.11. The zero-order valence-electron chi connectivity index (χ0n) is 11.5. The topological polar surface area (TPSA) is 44.4 Å². The van der Waals surface area contributed by atoms with E-state index in [1.807, 2.05) is 0 Å². The molecule has 0 unspecified atom stereocenters. The van der Waals surface area contributed by atoms with Gasteiger partial charge in [-0.1, -0.05) is 0 Å². The Hall–Kier alpha value is -1.62. The second-order valence-electron chi connectivity index (χ2n) is 5.56. The normalized spacial score (nSPS) is 18.4. The van der Waals surface area contributed by atoms with Crippen LogP contribution >= 0.6 is 0 Å². The first-order valence-electron chi connectivity index (χ1n) is 7.30. The minimum absolute atomic E-state index is 0.120. The molecule has 1 amide bonds. The van der Waals surface area contributed by atoms with Crippen LogP contribution in [-0.2, 0) is 4.79 Å². The Morgan fingerprint density at radius 2 is 2.05 bits per heavy atom. The quantitative estimate of drug-likeness (QED) is 0.866. The molecule has 108 valence electrons. The van der Waals surface area contributed by atoms with Crippen LogP contribution in [0.2, 0.25) is 0 Å². The van der Waals surface area contributed by atoms with Crippen molar-refractivity contribution in [3.05, 3.63) is 24.0 Å². The van der Waals surface area contributed by atoms with E-state index in [0.29, 0.717) is 24.0 Å². The molecular weight excluding hydrogens is 257 g/mol. The van der Waals surface area contributed by atoms with Gasteiger partial charge in [-0.25, -0.2) is 4.39 Å². The number of benzene rings is 1. The maximum absolute atomic E-state index is 14.1. The Morgan fingerprint density at radius 1 is 1.30 bits per heavy atom. The van der Waals surface area contributed by atoms with E-state index in [2.05, 4.69) is 15.5 Å². The van der Waals surface area contributed by atoms with Gasteiger partial charge in [-0.3, -0.25) is 4.79 Å². The van der Waals surface area contributed by atoms with E-state index in [-0.39, 0.29) is 11.7 Å². The highest BCUT2D eigenvalue weighted by Crippen LogP contribution is 2.26. The summed E-state index contributed by atoms with van der Waals surface area (Å²) < 4.78 is 14.1.